The molecule has 1 unspecified atom stereocenters. The first kappa shape index (κ1) is 34.5. The quantitative estimate of drug-likeness (QED) is 0.164. The van der Waals surface area contributed by atoms with Crippen LogP contribution in [0.25, 0.3) is 0 Å². The van der Waals surface area contributed by atoms with E-state index in [9.17, 15) is 19.2 Å². The molecule has 3 aromatic carbocycles. The van der Waals surface area contributed by atoms with E-state index < -0.39 is 28.4 Å². The maximum atomic E-state index is 14.3. The van der Waals surface area contributed by atoms with E-state index in [-0.39, 0.29) is 24.4 Å². The van der Waals surface area contributed by atoms with Crippen LogP contribution in [0.5, 0.6) is 5.75 Å². The van der Waals surface area contributed by atoms with Crippen LogP contribution in [-0.4, -0.2) is 55.8 Å². The lowest BCUT2D eigenvalue weighted by atomic mass is 9.66. The highest BCUT2D eigenvalue weighted by Gasteiger charge is 2.76. The van der Waals surface area contributed by atoms with E-state index in [1.165, 1.54) is 4.90 Å². The Bertz CT molecular complexity index is 1680. The van der Waals surface area contributed by atoms with Crippen molar-refractivity contribution < 1.29 is 28.7 Å². The van der Waals surface area contributed by atoms with Crippen LogP contribution in [0, 0.1) is 10.8 Å². The first-order valence-electron chi connectivity index (χ1n) is 16.8. The van der Waals surface area contributed by atoms with Gasteiger partial charge in [0, 0.05) is 48.7 Å². The molecule has 1 aliphatic heterocycles. The maximum Gasteiger partial charge on any atom is 0.356 e. The van der Waals surface area contributed by atoms with Gasteiger partial charge < -0.3 is 9.47 Å². The zero-order chi connectivity index (χ0) is 34.9. The lowest BCUT2D eigenvalue weighted by molar-refractivity contribution is -0.176. The SMILES string of the molecule is CCN(C(=O)N(CC)c1ccc(OC(=O)[C@@]23CCC(C)(C(=O)O2)C3(C)C)c(N(CC)C(=O)N(CC)c2ccccc2)c1)c1ccccc1. The van der Waals surface area contributed by atoms with E-state index in [0.717, 1.165) is 5.69 Å². The average Bonchev–Trinajstić information content (AvgIpc) is 3.38. The summed E-state index contributed by atoms with van der Waals surface area (Å²) in [5, 5.41) is 0. The van der Waals surface area contributed by atoms with Gasteiger partial charge in [-0.2, -0.15) is 0 Å². The minimum Gasteiger partial charge on any atom is -0.446 e. The Morgan fingerprint density at radius 2 is 1.15 bits per heavy atom. The normalized spacial score (nSPS) is 20.5. The van der Waals surface area contributed by atoms with Gasteiger partial charge in [-0.1, -0.05) is 50.2 Å². The molecule has 0 radical (unpaired) electrons. The number of para-hydroxylation sites is 2. The number of nitrogens with zero attached hydrogens (tertiary/aromatic N) is 4. The van der Waals surface area contributed by atoms with Crippen molar-refractivity contribution in [1.82, 2.24) is 0 Å². The number of hydrogen-bond acceptors (Lipinski definition) is 6. The Hall–Kier alpha value is -4.86. The van der Waals surface area contributed by atoms with Crippen LogP contribution in [0.15, 0.2) is 78.9 Å². The molecule has 1 saturated heterocycles. The fourth-order valence-corrected chi connectivity index (χ4v) is 7.06. The minimum atomic E-state index is -1.46. The zero-order valence-corrected chi connectivity index (χ0v) is 29.0. The molecule has 2 bridgehead atoms. The monoisotopic (exact) mass is 654 g/mol. The molecule has 3 aromatic rings. The summed E-state index contributed by atoms with van der Waals surface area (Å²) in [5.74, 6) is -0.961. The number of carbonyl (C=O) groups excluding carboxylic acids is 4. The Kier molecular flexibility index (Phi) is 9.58. The molecule has 1 heterocycles. The molecule has 4 amide bonds. The lowest BCUT2D eigenvalue weighted by Crippen LogP contribution is -2.50. The number of ether oxygens (including phenoxy) is 2. The largest absolute Gasteiger partial charge is 0.446 e. The fraction of sp³-hybridized carbons (Fsp3) is 0.421. The van der Waals surface area contributed by atoms with Crippen LogP contribution in [0.2, 0.25) is 0 Å². The second-order valence-electron chi connectivity index (χ2n) is 12.9. The number of carbonyl (C=O) groups is 4. The van der Waals surface area contributed by atoms with Crippen molar-refractivity contribution in [1.29, 1.82) is 0 Å². The van der Waals surface area contributed by atoms with Crippen molar-refractivity contribution in [3.05, 3.63) is 78.9 Å². The molecule has 1 saturated carbocycles. The number of hydrogen-bond donors (Lipinski definition) is 0. The first-order valence-corrected chi connectivity index (χ1v) is 16.8. The van der Waals surface area contributed by atoms with Gasteiger partial charge in [0.05, 0.1) is 11.1 Å². The molecule has 0 aromatic heterocycles. The highest BCUT2D eigenvalue weighted by molar-refractivity contribution is 6.07. The molecule has 2 atom stereocenters. The van der Waals surface area contributed by atoms with Crippen LogP contribution in [0.3, 0.4) is 0 Å². The lowest BCUT2D eigenvalue weighted by Gasteiger charge is -2.35. The van der Waals surface area contributed by atoms with Gasteiger partial charge in [0.2, 0.25) is 5.60 Å². The molecule has 0 N–H and O–H groups in total. The van der Waals surface area contributed by atoms with Gasteiger partial charge in [0.15, 0.2) is 5.75 Å². The molecule has 10 heteroatoms. The molecule has 2 aliphatic rings. The van der Waals surface area contributed by atoms with Crippen LogP contribution < -0.4 is 24.3 Å². The average molecular weight is 655 g/mol. The number of amides is 4. The van der Waals surface area contributed by atoms with Crippen molar-refractivity contribution in [2.24, 2.45) is 10.8 Å². The van der Waals surface area contributed by atoms with Crippen molar-refractivity contribution in [2.75, 3.05) is 45.8 Å². The van der Waals surface area contributed by atoms with Crippen LogP contribution in [-0.2, 0) is 14.3 Å². The number of urea groups is 2. The Morgan fingerprint density at radius 3 is 1.58 bits per heavy atom. The van der Waals surface area contributed by atoms with Gasteiger partial charge in [-0.15, -0.1) is 0 Å². The molecule has 2 fully saturated rings. The van der Waals surface area contributed by atoms with Crippen LogP contribution in [0.4, 0.5) is 32.3 Å². The van der Waals surface area contributed by atoms with Crippen LogP contribution >= 0.6 is 0 Å². The highest BCUT2D eigenvalue weighted by atomic mass is 16.6. The molecule has 254 valence electrons. The predicted octanol–water partition coefficient (Wildman–Crippen LogP) is 7.66. The summed E-state index contributed by atoms with van der Waals surface area (Å²) in [4.78, 5) is 61.9. The minimum absolute atomic E-state index is 0.128. The highest BCUT2D eigenvalue weighted by Crippen LogP contribution is 2.65. The molecular weight excluding hydrogens is 608 g/mol. The molecule has 10 nitrogen and oxygen atoms in total. The van der Waals surface area contributed by atoms with Gasteiger partial charge in [0.25, 0.3) is 0 Å². The third kappa shape index (κ3) is 5.46. The number of anilines is 4. The standard InChI is InChI=1S/C38H46N4O6/c1-8-39(27-18-14-12-15-19-27)34(45)41(10-3)29-22-23-31(47-33(44)38-25-24-37(7,32(43)48-38)36(38,5)6)30(26-29)42(11-4)35(46)40(9-2)28-20-16-13-17-21-28/h12-23,26H,8-11,24-25H2,1-7H3/t37?,38-/m1/s1. The van der Waals surface area contributed by atoms with Gasteiger partial charge in [-0.3, -0.25) is 24.4 Å². The Labute approximate surface area is 283 Å². The smallest absolute Gasteiger partial charge is 0.356 e. The third-order valence-corrected chi connectivity index (χ3v) is 10.5. The second kappa shape index (κ2) is 13.3. The molecule has 1 aliphatic carbocycles. The van der Waals surface area contributed by atoms with E-state index in [4.69, 9.17) is 9.47 Å². The predicted molar refractivity (Wildman–Crippen MR) is 188 cm³/mol. The summed E-state index contributed by atoms with van der Waals surface area (Å²) >= 11 is 0. The summed E-state index contributed by atoms with van der Waals surface area (Å²) in [6.07, 6.45) is 0.845. The topological polar surface area (TPSA) is 99.7 Å². The number of esters is 2. The molecule has 48 heavy (non-hydrogen) atoms. The molecular formula is C38H46N4O6. The Morgan fingerprint density at radius 1 is 0.667 bits per heavy atom. The third-order valence-electron chi connectivity index (χ3n) is 10.5. The summed E-state index contributed by atoms with van der Waals surface area (Å²) in [6, 6.07) is 23.2. The Balaban J connectivity index is 1.58. The van der Waals surface area contributed by atoms with E-state index >= 15 is 0 Å². The molecule has 0 spiro atoms. The fourth-order valence-electron chi connectivity index (χ4n) is 7.06. The van der Waals surface area contributed by atoms with Crippen LogP contribution in [0.1, 0.15) is 61.3 Å². The van der Waals surface area contributed by atoms with Gasteiger partial charge in [0.1, 0.15) is 0 Å². The van der Waals surface area contributed by atoms with E-state index in [0.29, 0.717) is 49.5 Å². The van der Waals surface area contributed by atoms with E-state index in [2.05, 4.69) is 0 Å². The van der Waals surface area contributed by atoms with Crippen molar-refractivity contribution in [3.8, 4) is 5.75 Å². The zero-order valence-electron chi connectivity index (χ0n) is 29.0. The van der Waals surface area contributed by atoms with Crippen molar-refractivity contribution in [3.63, 3.8) is 0 Å². The number of benzene rings is 3. The summed E-state index contributed by atoms with van der Waals surface area (Å²) < 4.78 is 12.0. The molecule has 5 rings (SSSR count). The van der Waals surface area contributed by atoms with Gasteiger partial charge >= 0.3 is 24.0 Å². The summed E-state index contributed by atoms with van der Waals surface area (Å²) in [6.45, 7) is 14.5. The van der Waals surface area contributed by atoms with E-state index in [1.807, 2.05) is 109 Å². The van der Waals surface area contributed by atoms with Gasteiger partial charge in [-0.25, -0.2) is 14.4 Å². The number of fused-ring (bicyclic) bond motifs is 2. The summed E-state index contributed by atoms with van der Waals surface area (Å²) in [7, 11) is 0. The number of rotatable bonds is 10. The van der Waals surface area contributed by atoms with E-state index in [1.54, 1.807) is 32.9 Å². The summed E-state index contributed by atoms with van der Waals surface area (Å²) in [5.41, 5.74) is -0.763. The maximum absolute atomic E-state index is 14.3. The van der Waals surface area contributed by atoms with Crippen molar-refractivity contribution in [2.45, 2.75) is 66.9 Å². The van der Waals surface area contributed by atoms with Gasteiger partial charge in [-0.05, 0) is 89.9 Å². The first-order chi connectivity index (χ1) is 22.9. The van der Waals surface area contributed by atoms with Crippen molar-refractivity contribution >= 4 is 46.8 Å². The second-order valence-corrected chi connectivity index (χ2v) is 12.9.